The molecule has 0 aliphatic heterocycles. The van der Waals surface area contributed by atoms with Gasteiger partial charge in [-0.1, -0.05) is 0 Å². The molecule has 2 rings (SSSR count). The van der Waals surface area contributed by atoms with E-state index in [1.165, 1.54) is 6.20 Å². The molecule has 0 aliphatic carbocycles. The summed E-state index contributed by atoms with van der Waals surface area (Å²) in [6, 6.07) is 2.83. The Kier molecular flexibility index (Phi) is 4.32. The molecule has 0 aromatic carbocycles. The van der Waals surface area contributed by atoms with Crippen LogP contribution in [0.5, 0.6) is 0 Å². The fourth-order valence-electron chi connectivity index (χ4n) is 1.78. The fourth-order valence-corrected chi connectivity index (χ4v) is 3.12. The minimum absolute atomic E-state index is 0.125. The zero-order valence-electron chi connectivity index (χ0n) is 10.9. The molecule has 2 aromatic heterocycles. The van der Waals surface area contributed by atoms with Crippen molar-refractivity contribution in [2.75, 3.05) is 5.43 Å². The normalized spacial score (nSPS) is 13.1. The Morgan fingerprint density at radius 3 is 2.90 bits per heavy atom. The van der Waals surface area contributed by atoms with E-state index in [4.69, 9.17) is 5.84 Å². The van der Waals surface area contributed by atoms with Crippen molar-refractivity contribution in [1.82, 2.24) is 19.3 Å². The molecule has 0 saturated carbocycles. The summed E-state index contributed by atoms with van der Waals surface area (Å²) in [6.07, 6.45) is 6.42. The summed E-state index contributed by atoms with van der Waals surface area (Å²) in [6.45, 7) is 2.23. The molecular weight excluding hydrogens is 280 g/mol. The number of nitrogens with one attached hydrogen (secondary N) is 2. The van der Waals surface area contributed by atoms with Crippen molar-refractivity contribution in [1.29, 1.82) is 0 Å². The van der Waals surface area contributed by atoms with E-state index >= 15 is 0 Å². The number of hydrogen-bond acceptors (Lipinski definition) is 6. The Morgan fingerprint density at radius 1 is 1.45 bits per heavy atom. The second kappa shape index (κ2) is 5.99. The summed E-state index contributed by atoms with van der Waals surface area (Å²) in [5.41, 5.74) is 2.57. The molecule has 1 atom stereocenters. The molecule has 0 radical (unpaired) electrons. The molecule has 2 heterocycles. The lowest BCUT2D eigenvalue weighted by Gasteiger charge is -2.15. The van der Waals surface area contributed by atoms with Gasteiger partial charge >= 0.3 is 0 Å². The molecule has 4 N–H and O–H groups in total. The number of rotatable bonds is 6. The number of hydrazine groups is 1. The van der Waals surface area contributed by atoms with E-state index < -0.39 is 10.0 Å². The Morgan fingerprint density at radius 2 is 2.25 bits per heavy atom. The number of anilines is 1. The number of aromatic nitrogens is 3. The van der Waals surface area contributed by atoms with E-state index in [-0.39, 0.29) is 16.8 Å². The van der Waals surface area contributed by atoms with Crippen LogP contribution < -0.4 is 16.0 Å². The SMILES string of the molecule is CC(Cn1ccnc1)NS(=O)(=O)c1ncccc1NN. The second-order valence-corrected chi connectivity index (χ2v) is 5.91. The van der Waals surface area contributed by atoms with Gasteiger partial charge in [-0.3, -0.25) is 5.84 Å². The highest BCUT2D eigenvalue weighted by Gasteiger charge is 2.22. The number of nitrogens with two attached hydrogens (primary N) is 1. The molecule has 0 fully saturated rings. The minimum atomic E-state index is -3.74. The van der Waals surface area contributed by atoms with E-state index in [1.54, 1.807) is 42.3 Å². The number of hydrogen-bond donors (Lipinski definition) is 3. The largest absolute Gasteiger partial charge is 0.336 e. The molecule has 8 nitrogen and oxygen atoms in total. The molecule has 0 spiro atoms. The van der Waals surface area contributed by atoms with Gasteiger partial charge in [0.15, 0.2) is 5.03 Å². The first kappa shape index (κ1) is 14.4. The van der Waals surface area contributed by atoms with Crippen LogP contribution in [0.15, 0.2) is 42.1 Å². The monoisotopic (exact) mass is 296 g/mol. The predicted octanol–water partition coefficient (Wildman–Crippen LogP) is -0.0693. The third-order valence-corrected chi connectivity index (χ3v) is 4.13. The van der Waals surface area contributed by atoms with Crippen LogP contribution in [-0.2, 0) is 16.6 Å². The van der Waals surface area contributed by atoms with Crippen LogP contribution in [0.2, 0.25) is 0 Å². The summed E-state index contributed by atoms with van der Waals surface area (Å²) in [5.74, 6) is 5.29. The van der Waals surface area contributed by atoms with E-state index in [2.05, 4.69) is 20.1 Å². The van der Waals surface area contributed by atoms with Gasteiger partial charge in [0.05, 0.1) is 12.0 Å². The van der Waals surface area contributed by atoms with Crippen LogP contribution in [0.4, 0.5) is 5.69 Å². The van der Waals surface area contributed by atoms with Gasteiger partial charge in [-0.05, 0) is 19.1 Å². The van der Waals surface area contributed by atoms with Crippen molar-refractivity contribution in [2.24, 2.45) is 5.84 Å². The maximum absolute atomic E-state index is 12.3. The molecule has 9 heteroatoms. The number of pyridine rings is 1. The van der Waals surface area contributed by atoms with Crippen LogP contribution >= 0.6 is 0 Å². The van der Waals surface area contributed by atoms with Gasteiger partial charge < -0.3 is 9.99 Å². The van der Waals surface area contributed by atoms with Crippen LogP contribution in [0.3, 0.4) is 0 Å². The van der Waals surface area contributed by atoms with Gasteiger partial charge in [0, 0.05) is 31.2 Å². The van der Waals surface area contributed by atoms with Crippen molar-refractivity contribution in [3.05, 3.63) is 37.1 Å². The second-order valence-electron chi connectivity index (χ2n) is 4.28. The van der Waals surface area contributed by atoms with Crippen molar-refractivity contribution in [2.45, 2.75) is 24.5 Å². The lowest BCUT2D eigenvalue weighted by molar-refractivity contribution is 0.518. The highest BCUT2D eigenvalue weighted by molar-refractivity contribution is 7.89. The van der Waals surface area contributed by atoms with Crippen LogP contribution in [-0.4, -0.2) is 29.0 Å². The van der Waals surface area contributed by atoms with E-state index in [9.17, 15) is 8.42 Å². The number of nitrogen functional groups attached to an aromatic ring is 1. The smallest absolute Gasteiger partial charge is 0.260 e. The van der Waals surface area contributed by atoms with E-state index in [0.29, 0.717) is 6.54 Å². The lowest BCUT2D eigenvalue weighted by atomic mass is 10.4. The third kappa shape index (κ3) is 3.32. The Balaban J connectivity index is 2.14. The number of sulfonamides is 1. The van der Waals surface area contributed by atoms with Gasteiger partial charge in [0.1, 0.15) is 0 Å². The lowest BCUT2D eigenvalue weighted by Crippen LogP contribution is -2.36. The van der Waals surface area contributed by atoms with Crippen molar-refractivity contribution in [3.8, 4) is 0 Å². The van der Waals surface area contributed by atoms with Gasteiger partial charge in [-0.25, -0.2) is 23.1 Å². The summed E-state index contributed by atoms with van der Waals surface area (Å²) in [4.78, 5) is 7.76. The third-order valence-electron chi connectivity index (χ3n) is 2.58. The molecule has 0 aliphatic rings. The van der Waals surface area contributed by atoms with E-state index in [1.807, 2.05) is 0 Å². The molecule has 0 bridgehead atoms. The van der Waals surface area contributed by atoms with Crippen molar-refractivity contribution < 1.29 is 8.42 Å². The standard InChI is InChI=1S/C11H16N6O2S/c1-9(7-17-6-5-13-8-17)16-20(18,19)11-10(15-12)3-2-4-14-11/h2-6,8-9,15-16H,7,12H2,1H3. The molecule has 0 amide bonds. The highest BCUT2D eigenvalue weighted by Crippen LogP contribution is 2.16. The van der Waals surface area contributed by atoms with Crippen LogP contribution in [0.25, 0.3) is 0 Å². The Bertz CT molecular complexity index is 655. The maximum atomic E-state index is 12.3. The molecule has 0 saturated heterocycles. The zero-order chi connectivity index (χ0) is 14.6. The number of imidazole rings is 1. The molecule has 108 valence electrons. The molecule has 1 unspecified atom stereocenters. The van der Waals surface area contributed by atoms with Gasteiger partial charge in [0.25, 0.3) is 10.0 Å². The molecule has 20 heavy (non-hydrogen) atoms. The van der Waals surface area contributed by atoms with Crippen LogP contribution in [0.1, 0.15) is 6.92 Å². The van der Waals surface area contributed by atoms with E-state index in [0.717, 1.165) is 0 Å². The first-order valence-electron chi connectivity index (χ1n) is 5.92. The predicted molar refractivity (Wildman–Crippen MR) is 74.1 cm³/mol. The summed E-state index contributed by atoms with van der Waals surface area (Å²) < 4.78 is 28.8. The summed E-state index contributed by atoms with van der Waals surface area (Å²) in [7, 11) is -3.74. The topological polar surface area (TPSA) is 115 Å². The van der Waals surface area contributed by atoms with Gasteiger partial charge in [-0.15, -0.1) is 0 Å². The highest BCUT2D eigenvalue weighted by atomic mass is 32.2. The first-order chi connectivity index (χ1) is 9.53. The first-order valence-corrected chi connectivity index (χ1v) is 7.41. The molecular formula is C11H16N6O2S. The quantitative estimate of drug-likeness (QED) is 0.508. The van der Waals surface area contributed by atoms with Crippen molar-refractivity contribution >= 4 is 15.7 Å². The average molecular weight is 296 g/mol. The average Bonchev–Trinajstić information content (AvgIpc) is 2.90. The maximum Gasteiger partial charge on any atom is 0.260 e. The summed E-state index contributed by atoms with van der Waals surface area (Å²) in [5, 5.41) is -0.125. The Labute approximate surface area is 117 Å². The Hall–Kier alpha value is -1.97. The van der Waals surface area contributed by atoms with Crippen LogP contribution in [0, 0.1) is 0 Å². The van der Waals surface area contributed by atoms with Gasteiger partial charge in [-0.2, -0.15) is 0 Å². The van der Waals surface area contributed by atoms with Crippen molar-refractivity contribution in [3.63, 3.8) is 0 Å². The number of nitrogens with zero attached hydrogens (tertiary/aromatic N) is 3. The fraction of sp³-hybridized carbons (Fsp3) is 0.273. The van der Waals surface area contributed by atoms with Gasteiger partial charge in [0.2, 0.25) is 0 Å². The zero-order valence-corrected chi connectivity index (χ0v) is 11.7. The molecule has 2 aromatic rings. The summed E-state index contributed by atoms with van der Waals surface area (Å²) >= 11 is 0. The minimum Gasteiger partial charge on any atom is -0.336 e.